The summed E-state index contributed by atoms with van der Waals surface area (Å²) in [5.41, 5.74) is 7.80. The Bertz CT molecular complexity index is 627. The van der Waals surface area contributed by atoms with E-state index in [2.05, 4.69) is 10.5 Å². The Morgan fingerprint density at radius 3 is 2.55 bits per heavy atom. The lowest BCUT2D eigenvalue weighted by Crippen LogP contribution is -2.24. The van der Waals surface area contributed by atoms with Crippen LogP contribution in [0.1, 0.15) is 5.56 Å². The van der Waals surface area contributed by atoms with Crippen LogP contribution < -0.4 is 15.9 Å². The normalized spacial score (nSPS) is 10.4. The minimum atomic E-state index is -0.708. The Balaban J connectivity index is 2.03. The van der Waals surface area contributed by atoms with Crippen molar-refractivity contribution in [3.05, 3.63) is 59.1 Å². The highest BCUT2D eigenvalue weighted by atomic mass is 35.5. The maximum absolute atomic E-state index is 10.4. The van der Waals surface area contributed by atoms with Crippen molar-refractivity contribution in [3.63, 3.8) is 0 Å². The molecule has 5 nitrogen and oxygen atoms in total. The maximum Gasteiger partial charge on any atom is 0.332 e. The summed E-state index contributed by atoms with van der Waals surface area (Å²) in [5, 5.41) is 4.20. The van der Waals surface area contributed by atoms with E-state index in [0.717, 1.165) is 5.56 Å². The largest absolute Gasteiger partial charge is 0.456 e. The molecule has 2 amide bonds. The Morgan fingerprint density at radius 2 is 1.90 bits per heavy atom. The van der Waals surface area contributed by atoms with Gasteiger partial charge in [0.15, 0.2) is 0 Å². The fourth-order valence-electron chi connectivity index (χ4n) is 1.45. The van der Waals surface area contributed by atoms with Gasteiger partial charge in [-0.15, -0.1) is 0 Å². The molecule has 0 spiro atoms. The van der Waals surface area contributed by atoms with Crippen LogP contribution in [-0.2, 0) is 0 Å². The van der Waals surface area contributed by atoms with Crippen LogP contribution in [0.3, 0.4) is 0 Å². The van der Waals surface area contributed by atoms with E-state index in [9.17, 15) is 4.79 Å². The van der Waals surface area contributed by atoms with Gasteiger partial charge >= 0.3 is 6.03 Å². The zero-order valence-electron chi connectivity index (χ0n) is 10.4. The summed E-state index contributed by atoms with van der Waals surface area (Å²) in [7, 11) is 0. The molecule has 0 saturated carbocycles. The van der Waals surface area contributed by atoms with Gasteiger partial charge in [-0.2, -0.15) is 5.10 Å². The molecule has 0 atom stereocenters. The minimum absolute atomic E-state index is 0.545. The molecule has 0 aromatic heterocycles. The van der Waals surface area contributed by atoms with Gasteiger partial charge in [0, 0.05) is 0 Å². The zero-order chi connectivity index (χ0) is 14.4. The predicted octanol–water partition coefficient (Wildman–Crippen LogP) is 3.13. The van der Waals surface area contributed by atoms with Gasteiger partial charge in [-0.1, -0.05) is 23.7 Å². The lowest BCUT2D eigenvalue weighted by molar-refractivity contribution is 0.249. The van der Waals surface area contributed by atoms with Crippen molar-refractivity contribution in [2.45, 2.75) is 0 Å². The summed E-state index contributed by atoms with van der Waals surface area (Å²) in [5.74, 6) is 1.24. The van der Waals surface area contributed by atoms with Crippen LogP contribution in [0.15, 0.2) is 53.6 Å². The van der Waals surface area contributed by atoms with Gasteiger partial charge < -0.3 is 10.5 Å². The van der Waals surface area contributed by atoms with E-state index >= 15 is 0 Å². The van der Waals surface area contributed by atoms with Crippen molar-refractivity contribution in [3.8, 4) is 11.5 Å². The van der Waals surface area contributed by atoms with Crippen LogP contribution >= 0.6 is 11.6 Å². The van der Waals surface area contributed by atoms with Gasteiger partial charge in [0.1, 0.15) is 11.5 Å². The fourth-order valence-corrected chi connectivity index (χ4v) is 1.62. The first-order chi connectivity index (χ1) is 9.65. The number of hydrogen-bond donors (Lipinski definition) is 2. The molecular formula is C14H12ClN3O2. The predicted molar refractivity (Wildman–Crippen MR) is 78.3 cm³/mol. The van der Waals surface area contributed by atoms with E-state index in [1.54, 1.807) is 36.4 Å². The number of hydrogen-bond acceptors (Lipinski definition) is 3. The SMILES string of the molecule is NC(=O)N/N=C/c1ccc(Oc2ccccc2Cl)cc1. The maximum atomic E-state index is 10.4. The smallest absolute Gasteiger partial charge is 0.332 e. The molecule has 0 aliphatic rings. The van der Waals surface area contributed by atoms with Crippen LogP contribution in [0, 0.1) is 0 Å². The summed E-state index contributed by atoms with van der Waals surface area (Å²) in [6, 6.07) is 13.6. The van der Waals surface area contributed by atoms with Gasteiger partial charge in [0.2, 0.25) is 0 Å². The first kappa shape index (κ1) is 13.9. The Hall–Kier alpha value is -2.53. The number of benzene rings is 2. The number of carbonyl (C=O) groups excluding carboxylic acids is 1. The number of primary amides is 1. The van der Waals surface area contributed by atoms with E-state index in [0.29, 0.717) is 16.5 Å². The van der Waals surface area contributed by atoms with E-state index in [4.69, 9.17) is 22.1 Å². The van der Waals surface area contributed by atoms with Gasteiger partial charge in [-0.05, 0) is 42.0 Å². The highest BCUT2D eigenvalue weighted by Gasteiger charge is 2.01. The zero-order valence-corrected chi connectivity index (χ0v) is 11.2. The first-order valence-electron chi connectivity index (χ1n) is 5.76. The molecule has 0 saturated heterocycles. The van der Waals surface area contributed by atoms with Crippen molar-refractivity contribution in [2.24, 2.45) is 10.8 Å². The molecule has 2 aromatic carbocycles. The molecule has 0 aliphatic heterocycles. The lowest BCUT2D eigenvalue weighted by atomic mass is 10.2. The molecule has 0 unspecified atom stereocenters. The van der Waals surface area contributed by atoms with E-state index in [1.165, 1.54) is 6.21 Å². The van der Waals surface area contributed by atoms with Crippen LogP contribution in [-0.4, -0.2) is 12.2 Å². The molecule has 6 heteroatoms. The summed E-state index contributed by atoms with van der Waals surface area (Å²) in [6.07, 6.45) is 1.48. The standard InChI is InChI=1S/C14H12ClN3O2/c15-12-3-1-2-4-13(12)20-11-7-5-10(6-8-11)9-17-18-14(16)19/h1-9H,(H3,16,18,19)/b17-9+. The third-order valence-corrected chi connectivity index (χ3v) is 2.65. The molecule has 0 bridgehead atoms. The molecule has 2 rings (SSSR count). The summed E-state index contributed by atoms with van der Waals surface area (Å²) in [6.45, 7) is 0. The van der Waals surface area contributed by atoms with Gasteiger partial charge in [-0.25, -0.2) is 10.2 Å². The summed E-state index contributed by atoms with van der Waals surface area (Å²) in [4.78, 5) is 10.4. The number of para-hydroxylation sites is 1. The van der Waals surface area contributed by atoms with Crippen molar-refractivity contribution in [1.82, 2.24) is 5.43 Å². The van der Waals surface area contributed by atoms with E-state index in [-0.39, 0.29) is 0 Å². The van der Waals surface area contributed by atoms with Gasteiger partial charge in [-0.3, -0.25) is 0 Å². The first-order valence-corrected chi connectivity index (χ1v) is 6.14. The molecule has 0 radical (unpaired) electrons. The lowest BCUT2D eigenvalue weighted by Gasteiger charge is -2.07. The Morgan fingerprint density at radius 1 is 1.20 bits per heavy atom. The summed E-state index contributed by atoms with van der Waals surface area (Å²) >= 11 is 6.01. The molecule has 3 N–H and O–H groups in total. The highest BCUT2D eigenvalue weighted by Crippen LogP contribution is 2.28. The number of ether oxygens (including phenoxy) is 1. The van der Waals surface area contributed by atoms with Crippen molar-refractivity contribution < 1.29 is 9.53 Å². The second-order valence-electron chi connectivity index (χ2n) is 3.84. The monoisotopic (exact) mass is 289 g/mol. The number of nitrogens with two attached hydrogens (primary N) is 1. The van der Waals surface area contributed by atoms with Crippen LogP contribution in [0.4, 0.5) is 4.79 Å². The average molecular weight is 290 g/mol. The number of urea groups is 1. The molecule has 0 heterocycles. The number of rotatable bonds is 4. The van der Waals surface area contributed by atoms with Crippen molar-refractivity contribution in [2.75, 3.05) is 0 Å². The number of carbonyl (C=O) groups is 1. The Kier molecular flexibility index (Phi) is 4.57. The van der Waals surface area contributed by atoms with Crippen LogP contribution in [0.25, 0.3) is 0 Å². The average Bonchev–Trinajstić information content (AvgIpc) is 2.43. The minimum Gasteiger partial charge on any atom is -0.456 e. The van der Waals surface area contributed by atoms with Crippen LogP contribution in [0.2, 0.25) is 5.02 Å². The fraction of sp³-hybridized carbons (Fsp3) is 0. The third-order valence-electron chi connectivity index (χ3n) is 2.33. The van der Waals surface area contributed by atoms with Crippen molar-refractivity contribution >= 4 is 23.8 Å². The van der Waals surface area contributed by atoms with Gasteiger partial charge in [0.05, 0.1) is 11.2 Å². The molecule has 20 heavy (non-hydrogen) atoms. The molecule has 0 fully saturated rings. The number of amides is 2. The molecule has 0 aliphatic carbocycles. The second kappa shape index (κ2) is 6.58. The van der Waals surface area contributed by atoms with E-state index < -0.39 is 6.03 Å². The number of hydrazone groups is 1. The molecular weight excluding hydrogens is 278 g/mol. The third kappa shape index (κ3) is 4.00. The number of nitrogens with zero attached hydrogens (tertiary/aromatic N) is 1. The second-order valence-corrected chi connectivity index (χ2v) is 4.24. The molecule has 2 aromatic rings. The molecule has 102 valence electrons. The summed E-state index contributed by atoms with van der Waals surface area (Å²) < 4.78 is 5.64. The Labute approximate surface area is 121 Å². The van der Waals surface area contributed by atoms with E-state index in [1.807, 2.05) is 12.1 Å². The topological polar surface area (TPSA) is 76.7 Å². The van der Waals surface area contributed by atoms with Crippen LogP contribution in [0.5, 0.6) is 11.5 Å². The number of nitrogens with one attached hydrogen (secondary N) is 1. The van der Waals surface area contributed by atoms with Gasteiger partial charge in [0.25, 0.3) is 0 Å². The number of halogens is 1. The quantitative estimate of drug-likeness (QED) is 0.670. The highest BCUT2D eigenvalue weighted by molar-refractivity contribution is 6.32. The van der Waals surface area contributed by atoms with Crippen molar-refractivity contribution in [1.29, 1.82) is 0 Å².